The van der Waals surface area contributed by atoms with Crippen molar-refractivity contribution < 1.29 is 9.21 Å². The van der Waals surface area contributed by atoms with Gasteiger partial charge in [0.05, 0.1) is 12.3 Å². The summed E-state index contributed by atoms with van der Waals surface area (Å²) in [4.78, 5) is 13.3. The van der Waals surface area contributed by atoms with Gasteiger partial charge >= 0.3 is 0 Å². The molecule has 1 aromatic heterocycles. The first-order valence-electron chi connectivity index (χ1n) is 6.89. The van der Waals surface area contributed by atoms with E-state index in [-0.39, 0.29) is 18.0 Å². The second-order valence-corrected chi connectivity index (χ2v) is 5.47. The molecule has 2 unspecified atom stereocenters. The fraction of sp³-hybridized carbons (Fsp3) is 0.643. The van der Waals surface area contributed by atoms with Crippen LogP contribution in [0.25, 0.3) is 0 Å². The molecule has 1 aromatic rings. The monoisotopic (exact) mass is 265 g/mol. The Morgan fingerprint density at radius 1 is 1.53 bits per heavy atom. The Labute approximate surface area is 113 Å². The fourth-order valence-electron chi connectivity index (χ4n) is 2.95. The van der Waals surface area contributed by atoms with Crippen molar-refractivity contribution in [2.75, 3.05) is 13.1 Å². The van der Waals surface area contributed by atoms with Crippen molar-refractivity contribution in [2.24, 2.45) is 17.4 Å². The minimum absolute atomic E-state index is 0.0128. The largest absolute Gasteiger partial charge is 0.468 e. The summed E-state index contributed by atoms with van der Waals surface area (Å²) in [6, 6.07) is 4.00. The van der Waals surface area contributed by atoms with Crippen molar-refractivity contribution in [3.05, 3.63) is 24.2 Å². The van der Waals surface area contributed by atoms with Crippen LogP contribution in [0.1, 0.15) is 38.0 Å². The van der Waals surface area contributed by atoms with Crippen molar-refractivity contribution >= 4 is 5.91 Å². The molecule has 5 nitrogen and oxygen atoms in total. The zero-order valence-electron chi connectivity index (χ0n) is 11.4. The van der Waals surface area contributed by atoms with Gasteiger partial charge in [-0.25, -0.2) is 0 Å². The predicted octanol–water partition coefficient (Wildman–Crippen LogP) is 1.26. The van der Waals surface area contributed by atoms with Gasteiger partial charge in [0.1, 0.15) is 5.76 Å². The maximum Gasteiger partial charge on any atom is 0.217 e. The van der Waals surface area contributed by atoms with Crippen LogP contribution >= 0.6 is 0 Å². The molecule has 2 rings (SSSR count). The number of likely N-dealkylation sites (tertiary alicyclic amines) is 1. The number of primary amides is 1. The Hall–Kier alpha value is -1.33. The number of nitrogens with zero attached hydrogens (tertiary/aromatic N) is 1. The maximum absolute atomic E-state index is 11.0. The fourth-order valence-corrected chi connectivity index (χ4v) is 2.95. The number of furan rings is 1. The highest BCUT2D eigenvalue weighted by molar-refractivity contribution is 5.73. The van der Waals surface area contributed by atoms with Crippen LogP contribution in [-0.4, -0.2) is 29.9 Å². The van der Waals surface area contributed by atoms with Crippen LogP contribution in [0, 0.1) is 5.92 Å². The van der Waals surface area contributed by atoms with Gasteiger partial charge in [-0.1, -0.05) is 0 Å². The summed E-state index contributed by atoms with van der Waals surface area (Å²) in [5.74, 6) is 1.13. The minimum Gasteiger partial charge on any atom is -0.468 e. The van der Waals surface area contributed by atoms with Crippen LogP contribution in [0.15, 0.2) is 22.8 Å². The van der Waals surface area contributed by atoms with E-state index in [1.165, 1.54) is 0 Å². The molecule has 1 aliphatic heterocycles. The van der Waals surface area contributed by atoms with E-state index in [9.17, 15) is 4.79 Å². The van der Waals surface area contributed by atoms with Crippen molar-refractivity contribution in [2.45, 2.75) is 38.3 Å². The van der Waals surface area contributed by atoms with E-state index in [2.05, 4.69) is 4.90 Å². The molecule has 0 radical (unpaired) electrons. The summed E-state index contributed by atoms with van der Waals surface area (Å²) in [5.41, 5.74) is 11.4. The van der Waals surface area contributed by atoms with Crippen LogP contribution in [0.4, 0.5) is 0 Å². The van der Waals surface area contributed by atoms with Crippen LogP contribution in [0.2, 0.25) is 0 Å². The molecule has 1 aliphatic rings. The van der Waals surface area contributed by atoms with E-state index >= 15 is 0 Å². The summed E-state index contributed by atoms with van der Waals surface area (Å²) < 4.78 is 5.51. The van der Waals surface area contributed by atoms with Crippen molar-refractivity contribution in [1.29, 1.82) is 0 Å². The average molecular weight is 265 g/mol. The number of hydrogen-bond acceptors (Lipinski definition) is 4. The molecule has 2 heterocycles. The molecule has 106 valence electrons. The van der Waals surface area contributed by atoms with Crippen LogP contribution in [0.3, 0.4) is 0 Å². The van der Waals surface area contributed by atoms with Gasteiger partial charge in [0.2, 0.25) is 5.91 Å². The number of carbonyl (C=O) groups is 1. The number of nitrogens with two attached hydrogens (primary N) is 2. The van der Waals surface area contributed by atoms with Gasteiger partial charge < -0.3 is 15.9 Å². The van der Waals surface area contributed by atoms with Gasteiger partial charge in [0, 0.05) is 12.5 Å². The molecule has 19 heavy (non-hydrogen) atoms. The average Bonchev–Trinajstić information content (AvgIpc) is 2.84. The first-order chi connectivity index (χ1) is 9.08. The lowest BCUT2D eigenvalue weighted by molar-refractivity contribution is -0.119. The highest BCUT2D eigenvalue weighted by atomic mass is 16.3. The molecule has 0 aliphatic carbocycles. The van der Waals surface area contributed by atoms with E-state index < -0.39 is 0 Å². The molecule has 4 N–H and O–H groups in total. The van der Waals surface area contributed by atoms with E-state index in [0.29, 0.717) is 12.3 Å². The van der Waals surface area contributed by atoms with E-state index in [1.807, 2.05) is 19.1 Å². The van der Waals surface area contributed by atoms with Crippen LogP contribution in [0.5, 0.6) is 0 Å². The van der Waals surface area contributed by atoms with Gasteiger partial charge in [0.25, 0.3) is 0 Å². The summed E-state index contributed by atoms with van der Waals surface area (Å²) in [6.07, 6.45) is 4.17. The lowest BCUT2D eigenvalue weighted by atomic mass is 9.91. The molecule has 0 bridgehead atoms. The lowest BCUT2D eigenvalue weighted by Gasteiger charge is -2.38. The number of rotatable bonds is 5. The quantitative estimate of drug-likeness (QED) is 0.839. The second-order valence-electron chi connectivity index (χ2n) is 5.47. The van der Waals surface area contributed by atoms with Gasteiger partial charge in [-0.2, -0.15) is 0 Å². The zero-order chi connectivity index (χ0) is 13.8. The van der Waals surface area contributed by atoms with Gasteiger partial charge in [-0.15, -0.1) is 0 Å². The second kappa shape index (κ2) is 6.21. The first-order valence-corrected chi connectivity index (χ1v) is 6.89. The number of piperidine rings is 1. The van der Waals surface area contributed by atoms with Crippen molar-refractivity contribution in [3.8, 4) is 0 Å². The normalized spacial score (nSPS) is 21.2. The third kappa shape index (κ3) is 3.58. The van der Waals surface area contributed by atoms with E-state index in [1.54, 1.807) is 6.26 Å². The third-order valence-corrected chi connectivity index (χ3v) is 3.87. The zero-order valence-corrected chi connectivity index (χ0v) is 11.4. The Bertz CT molecular complexity index is 395. The predicted molar refractivity (Wildman–Crippen MR) is 73.2 cm³/mol. The SMILES string of the molecule is CC(N)C(c1ccco1)N1CCC(CC(N)=O)CC1. The number of carbonyl (C=O) groups excluding carboxylic acids is 1. The molecule has 1 fully saturated rings. The Morgan fingerprint density at radius 3 is 2.68 bits per heavy atom. The highest BCUT2D eigenvalue weighted by Gasteiger charge is 2.30. The lowest BCUT2D eigenvalue weighted by Crippen LogP contribution is -2.44. The molecular weight excluding hydrogens is 242 g/mol. The van der Waals surface area contributed by atoms with E-state index in [0.717, 1.165) is 31.7 Å². The Kier molecular flexibility index (Phi) is 4.61. The summed E-state index contributed by atoms with van der Waals surface area (Å²) >= 11 is 0. The standard InChI is InChI=1S/C14H23N3O2/c1-10(15)14(12-3-2-8-19-12)17-6-4-11(5-7-17)9-13(16)18/h2-3,8,10-11,14H,4-7,9,15H2,1H3,(H2,16,18). The van der Waals surface area contributed by atoms with Crippen LogP contribution in [-0.2, 0) is 4.79 Å². The third-order valence-electron chi connectivity index (χ3n) is 3.87. The van der Waals surface area contributed by atoms with Crippen molar-refractivity contribution in [3.63, 3.8) is 0 Å². The van der Waals surface area contributed by atoms with Gasteiger partial charge in [-0.3, -0.25) is 9.69 Å². The molecule has 0 aromatic carbocycles. The van der Waals surface area contributed by atoms with E-state index in [4.69, 9.17) is 15.9 Å². The topological polar surface area (TPSA) is 85.5 Å². The first kappa shape index (κ1) is 14.1. The van der Waals surface area contributed by atoms with Gasteiger partial charge in [0.15, 0.2) is 0 Å². The summed E-state index contributed by atoms with van der Waals surface area (Å²) in [7, 11) is 0. The summed E-state index contributed by atoms with van der Waals surface area (Å²) in [6.45, 7) is 3.87. The highest BCUT2D eigenvalue weighted by Crippen LogP contribution is 2.30. The van der Waals surface area contributed by atoms with Crippen LogP contribution < -0.4 is 11.5 Å². The molecule has 1 saturated heterocycles. The molecule has 1 amide bonds. The molecule has 0 saturated carbocycles. The summed E-state index contributed by atoms with van der Waals surface area (Å²) in [5, 5.41) is 0. The van der Waals surface area contributed by atoms with Gasteiger partial charge in [-0.05, 0) is 50.9 Å². The molecule has 2 atom stereocenters. The molecule has 0 spiro atoms. The minimum atomic E-state index is -0.201. The molecule has 5 heteroatoms. The maximum atomic E-state index is 11.0. The van der Waals surface area contributed by atoms with Crippen molar-refractivity contribution in [1.82, 2.24) is 4.90 Å². The smallest absolute Gasteiger partial charge is 0.217 e. The Morgan fingerprint density at radius 2 is 2.21 bits per heavy atom. The molecular formula is C14H23N3O2. The number of amides is 1. The number of hydrogen-bond donors (Lipinski definition) is 2. The Balaban J connectivity index is 1.96.